The van der Waals surface area contributed by atoms with Crippen molar-refractivity contribution in [2.45, 2.75) is 12.8 Å². The first kappa shape index (κ1) is 17.2. The van der Waals surface area contributed by atoms with Gasteiger partial charge in [0, 0.05) is 23.0 Å². The fraction of sp³-hybridized carbons (Fsp3) is 0.150. The number of rotatable bonds is 5. The summed E-state index contributed by atoms with van der Waals surface area (Å²) in [6.07, 6.45) is 0. The van der Waals surface area contributed by atoms with Crippen LogP contribution in [0.15, 0.2) is 60.0 Å². The van der Waals surface area contributed by atoms with E-state index in [4.69, 9.17) is 5.73 Å². The van der Waals surface area contributed by atoms with Gasteiger partial charge in [0.2, 0.25) is 0 Å². The van der Waals surface area contributed by atoms with E-state index in [1.807, 2.05) is 48.7 Å². The molecule has 1 heterocycles. The van der Waals surface area contributed by atoms with E-state index >= 15 is 0 Å². The summed E-state index contributed by atoms with van der Waals surface area (Å²) in [7, 11) is 0. The topological polar surface area (TPSA) is 75.3 Å². The Morgan fingerprint density at radius 2 is 1.96 bits per heavy atom. The second-order valence-corrected chi connectivity index (χ2v) is 6.89. The van der Waals surface area contributed by atoms with Crippen molar-refractivity contribution in [3.05, 3.63) is 71.1 Å². The lowest BCUT2D eigenvalue weighted by molar-refractivity contribution is 0.102. The van der Waals surface area contributed by atoms with Gasteiger partial charge in [-0.15, -0.1) is 11.3 Å². The number of benzene rings is 2. The molecule has 1 aromatic heterocycles. The average Bonchev–Trinajstić information content (AvgIpc) is 3.17. The largest absolute Gasteiger partial charge is 0.397 e. The fourth-order valence-electron chi connectivity index (χ4n) is 2.52. The van der Waals surface area contributed by atoms with Crippen LogP contribution in [0.1, 0.15) is 28.8 Å². The third kappa shape index (κ3) is 3.90. The smallest absolute Gasteiger partial charge is 0.255 e. The van der Waals surface area contributed by atoms with Crippen LogP contribution in [0.4, 0.5) is 11.4 Å². The Kier molecular flexibility index (Phi) is 5.16. The van der Waals surface area contributed by atoms with Crippen molar-refractivity contribution in [1.29, 1.82) is 0 Å². The molecule has 0 spiro atoms. The van der Waals surface area contributed by atoms with Crippen molar-refractivity contribution < 1.29 is 9.90 Å². The van der Waals surface area contributed by atoms with Gasteiger partial charge in [0.25, 0.3) is 5.91 Å². The molecular formula is C20H20N2O2S. The summed E-state index contributed by atoms with van der Waals surface area (Å²) >= 11 is 1.64. The van der Waals surface area contributed by atoms with E-state index in [0.717, 1.165) is 16.0 Å². The maximum Gasteiger partial charge on any atom is 0.255 e. The van der Waals surface area contributed by atoms with Gasteiger partial charge < -0.3 is 16.2 Å². The zero-order valence-corrected chi connectivity index (χ0v) is 14.7. The van der Waals surface area contributed by atoms with Crippen molar-refractivity contribution >= 4 is 28.6 Å². The lowest BCUT2D eigenvalue weighted by Gasteiger charge is -2.11. The number of hydrogen-bond donors (Lipinski definition) is 3. The van der Waals surface area contributed by atoms with Gasteiger partial charge in [0.15, 0.2) is 0 Å². The Morgan fingerprint density at radius 1 is 1.20 bits per heavy atom. The van der Waals surface area contributed by atoms with Crippen molar-refractivity contribution in [2.75, 3.05) is 17.7 Å². The Balaban J connectivity index is 1.80. The van der Waals surface area contributed by atoms with Crippen LogP contribution in [0, 0.1) is 0 Å². The zero-order valence-electron chi connectivity index (χ0n) is 13.9. The first-order valence-corrected chi connectivity index (χ1v) is 8.92. The highest BCUT2D eigenvalue weighted by atomic mass is 32.1. The first-order chi connectivity index (χ1) is 12.1. The molecule has 1 atom stereocenters. The van der Waals surface area contributed by atoms with Crippen LogP contribution in [-0.4, -0.2) is 17.6 Å². The Labute approximate surface area is 150 Å². The molecule has 4 nitrogen and oxygen atoms in total. The van der Waals surface area contributed by atoms with Gasteiger partial charge in [0.1, 0.15) is 0 Å². The quantitative estimate of drug-likeness (QED) is 0.598. The third-order valence-electron chi connectivity index (χ3n) is 4.12. The molecule has 1 unspecified atom stereocenters. The number of aliphatic hydroxyl groups excluding tert-OH is 1. The number of carbonyl (C=O) groups excluding carboxylic acids is 1. The molecule has 4 N–H and O–H groups in total. The van der Waals surface area contributed by atoms with Crippen LogP contribution < -0.4 is 11.1 Å². The Hall–Kier alpha value is -2.63. The van der Waals surface area contributed by atoms with Crippen LogP contribution in [0.5, 0.6) is 0 Å². The SMILES string of the molecule is CC(CO)c1ccc(C(=O)Nc2cc(-c3cccs3)ccc2N)cc1. The predicted molar refractivity (Wildman–Crippen MR) is 104 cm³/mol. The van der Waals surface area contributed by atoms with Gasteiger partial charge in [-0.25, -0.2) is 0 Å². The van der Waals surface area contributed by atoms with Crippen LogP contribution >= 0.6 is 11.3 Å². The van der Waals surface area contributed by atoms with Gasteiger partial charge in [0.05, 0.1) is 11.4 Å². The summed E-state index contributed by atoms with van der Waals surface area (Å²) in [5.74, 6) is -0.159. The van der Waals surface area contributed by atoms with Gasteiger partial charge >= 0.3 is 0 Å². The minimum atomic E-state index is -0.210. The third-order valence-corrected chi connectivity index (χ3v) is 5.04. The number of nitrogens with two attached hydrogens (primary N) is 1. The molecule has 0 fully saturated rings. The highest BCUT2D eigenvalue weighted by molar-refractivity contribution is 7.13. The zero-order chi connectivity index (χ0) is 17.8. The molecule has 0 aliphatic carbocycles. The van der Waals surface area contributed by atoms with Crippen LogP contribution in [0.2, 0.25) is 0 Å². The molecule has 3 rings (SSSR count). The minimum Gasteiger partial charge on any atom is -0.397 e. The fourth-order valence-corrected chi connectivity index (χ4v) is 3.25. The number of nitrogen functional groups attached to an aromatic ring is 1. The van der Waals surface area contributed by atoms with Crippen molar-refractivity contribution in [2.24, 2.45) is 0 Å². The summed E-state index contributed by atoms with van der Waals surface area (Å²) in [6, 6.07) is 16.9. The minimum absolute atomic E-state index is 0.0511. The van der Waals surface area contributed by atoms with Gasteiger partial charge in [-0.2, -0.15) is 0 Å². The van der Waals surface area contributed by atoms with E-state index in [1.54, 1.807) is 29.5 Å². The molecule has 3 aromatic rings. The molecule has 0 saturated heterocycles. The molecule has 0 bridgehead atoms. The Morgan fingerprint density at radius 3 is 2.60 bits per heavy atom. The van der Waals surface area contributed by atoms with Crippen LogP contribution in [0.25, 0.3) is 10.4 Å². The number of amides is 1. The van der Waals surface area contributed by atoms with Gasteiger partial charge in [-0.05, 0) is 46.8 Å². The Bertz CT molecular complexity index is 858. The molecule has 2 aromatic carbocycles. The summed E-state index contributed by atoms with van der Waals surface area (Å²) in [6.45, 7) is 2.02. The van der Waals surface area contributed by atoms with Crippen molar-refractivity contribution in [1.82, 2.24) is 0 Å². The number of thiophene rings is 1. The van der Waals surface area contributed by atoms with Crippen LogP contribution in [-0.2, 0) is 0 Å². The van der Waals surface area contributed by atoms with E-state index < -0.39 is 0 Å². The van der Waals surface area contributed by atoms with Crippen molar-refractivity contribution in [3.63, 3.8) is 0 Å². The van der Waals surface area contributed by atoms with E-state index in [9.17, 15) is 9.90 Å². The maximum atomic E-state index is 12.5. The molecular weight excluding hydrogens is 332 g/mol. The standard InChI is InChI=1S/C20H20N2O2S/c1-13(12-23)14-4-6-15(7-5-14)20(24)22-18-11-16(8-9-17(18)21)19-3-2-10-25-19/h2-11,13,23H,12,21H2,1H3,(H,22,24). The maximum absolute atomic E-state index is 12.5. The summed E-state index contributed by atoms with van der Waals surface area (Å²) < 4.78 is 0. The molecule has 0 aliphatic rings. The molecule has 25 heavy (non-hydrogen) atoms. The first-order valence-electron chi connectivity index (χ1n) is 8.04. The molecule has 128 valence electrons. The molecule has 5 heteroatoms. The van der Waals surface area contributed by atoms with Crippen molar-refractivity contribution in [3.8, 4) is 10.4 Å². The molecule has 1 amide bonds. The van der Waals surface area contributed by atoms with E-state index in [2.05, 4.69) is 5.32 Å². The highest BCUT2D eigenvalue weighted by Crippen LogP contribution is 2.30. The summed E-state index contributed by atoms with van der Waals surface area (Å²) in [5, 5.41) is 14.1. The monoisotopic (exact) mass is 352 g/mol. The van der Waals surface area contributed by atoms with Gasteiger partial charge in [-0.3, -0.25) is 4.79 Å². The highest BCUT2D eigenvalue weighted by Gasteiger charge is 2.11. The summed E-state index contributed by atoms with van der Waals surface area (Å²) in [4.78, 5) is 13.6. The lowest BCUT2D eigenvalue weighted by Crippen LogP contribution is -2.13. The average molecular weight is 352 g/mol. The van der Waals surface area contributed by atoms with Gasteiger partial charge in [-0.1, -0.05) is 31.2 Å². The molecule has 0 radical (unpaired) electrons. The predicted octanol–water partition coefficient (Wildman–Crippen LogP) is 4.35. The lowest BCUT2D eigenvalue weighted by atomic mass is 10.0. The number of nitrogens with one attached hydrogen (secondary N) is 1. The van der Waals surface area contributed by atoms with E-state index in [0.29, 0.717) is 16.9 Å². The number of aliphatic hydroxyl groups is 1. The second kappa shape index (κ2) is 7.51. The molecule has 0 aliphatic heterocycles. The van der Waals surface area contributed by atoms with E-state index in [1.165, 1.54) is 0 Å². The second-order valence-electron chi connectivity index (χ2n) is 5.94. The molecule has 0 saturated carbocycles. The summed E-state index contributed by atoms with van der Waals surface area (Å²) in [5.41, 5.74) is 9.71. The normalized spacial score (nSPS) is 11.9. The number of carbonyl (C=O) groups is 1. The number of hydrogen-bond acceptors (Lipinski definition) is 4. The van der Waals surface area contributed by atoms with Crippen LogP contribution in [0.3, 0.4) is 0 Å². The van der Waals surface area contributed by atoms with E-state index in [-0.39, 0.29) is 18.4 Å². The number of anilines is 2.